The van der Waals surface area contributed by atoms with Crippen LogP contribution in [0.5, 0.6) is 0 Å². The van der Waals surface area contributed by atoms with Crippen LogP contribution in [0.1, 0.15) is 26.9 Å². The molecule has 0 radical (unpaired) electrons. The van der Waals surface area contributed by atoms with Gasteiger partial charge in [0, 0.05) is 12.6 Å². The van der Waals surface area contributed by atoms with Crippen LogP contribution in [-0.2, 0) is 6.54 Å². The minimum atomic E-state index is -0.295. The summed E-state index contributed by atoms with van der Waals surface area (Å²) in [4.78, 5) is 19.3. The monoisotopic (exact) mass is 344 g/mol. The lowest BCUT2D eigenvalue weighted by Gasteiger charge is -2.14. The van der Waals surface area contributed by atoms with E-state index in [0.717, 1.165) is 17.1 Å². The number of halogens is 1. The number of nitrogens with zero attached hydrogens (tertiary/aromatic N) is 2. The standard InChI is InChI=1S/C18H17FN2O2S/c1-11-4-9-15(23-11)10-21(3)18(22)16-12(2)20-17(24-16)13-5-7-14(19)8-6-13/h4-9H,10H2,1-3H3. The first-order valence-electron chi connectivity index (χ1n) is 7.48. The number of hydrogen-bond donors (Lipinski definition) is 0. The average Bonchev–Trinajstić information content (AvgIpc) is 3.13. The third-order valence-corrected chi connectivity index (χ3v) is 4.81. The molecule has 24 heavy (non-hydrogen) atoms. The molecular formula is C18H17FN2O2S. The Morgan fingerprint density at radius 1 is 1.21 bits per heavy atom. The van der Waals surface area contributed by atoms with E-state index in [1.807, 2.05) is 26.0 Å². The van der Waals surface area contributed by atoms with Gasteiger partial charge in [-0.15, -0.1) is 11.3 Å². The van der Waals surface area contributed by atoms with E-state index in [4.69, 9.17) is 4.42 Å². The van der Waals surface area contributed by atoms with Gasteiger partial charge in [0.2, 0.25) is 0 Å². The van der Waals surface area contributed by atoms with Crippen molar-refractivity contribution < 1.29 is 13.6 Å². The zero-order valence-corrected chi connectivity index (χ0v) is 14.5. The highest BCUT2D eigenvalue weighted by Crippen LogP contribution is 2.29. The Hall–Kier alpha value is -2.47. The van der Waals surface area contributed by atoms with E-state index in [9.17, 15) is 9.18 Å². The van der Waals surface area contributed by atoms with Gasteiger partial charge in [-0.05, 0) is 50.2 Å². The van der Waals surface area contributed by atoms with Gasteiger partial charge in [-0.25, -0.2) is 9.37 Å². The van der Waals surface area contributed by atoms with Gasteiger partial charge >= 0.3 is 0 Å². The normalized spacial score (nSPS) is 10.8. The van der Waals surface area contributed by atoms with Gasteiger partial charge < -0.3 is 9.32 Å². The third kappa shape index (κ3) is 3.38. The van der Waals surface area contributed by atoms with E-state index in [2.05, 4.69) is 4.98 Å². The lowest BCUT2D eigenvalue weighted by atomic mass is 10.2. The molecule has 0 unspecified atom stereocenters. The summed E-state index contributed by atoms with van der Waals surface area (Å²) in [5, 5.41) is 0.707. The fourth-order valence-electron chi connectivity index (χ4n) is 2.36. The molecule has 0 bridgehead atoms. The summed E-state index contributed by atoms with van der Waals surface area (Å²) in [5.41, 5.74) is 1.47. The van der Waals surface area contributed by atoms with E-state index in [1.165, 1.54) is 23.5 Å². The van der Waals surface area contributed by atoms with Gasteiger partial charge in [0.25, 0.3) is 5.91 Å². The zero-order valence-electron chi connectivity index (χ0n) is 13.7. The van der Waals surface area contributed by atoms with Gasteiger partial charge in [0.15, 0.2) is 0 Å². The Bertz CT molecular complexity index is 868. The second-order valence-corrected chi connectivity index (χ2v) is 6.61. The van der Waals surface area contributed by atoms with Crippen molar-refractivity contribution in [1.29, 1.82) is 0 Å². The summed E-state index contributed by atoms with van der Waals surface area (Å²) in [5.74, 6) is 1.16. The molecule has 124 valence electrons. The van der Waals surface area contributed by atoms with Crippen molar-refractivity contribution in [2.75, 3.05) is 7.05 Å². The number of thiazole rings is 1. The number of benzene rings is 1. The molecular weight excluding hydrogens is 327 g/mol. The van der Waals surface area contributed by atoms with E-state index in [1.54, 1.807) is 24.1 Å². The van der Waals surface area contributed by atoms with Crippen LogP contribution in [0.15, 0.2) is 40.8 Å². The summed E-state index contributed by atoms with van der Waals surface area (Å²) in [6, 6.07) is 9.84. The number of carbonyl (C=O) groups excluding carboxylic acids is 1. The molecule has 6 heteroatoms. The Morgan fingerprint density at radius 2 is 1.92 bits per heavy atom. The number of aryl methyl sites for hydroxylation is 2. The predicted molar refractivity (Wildman–Crippen MR) is 91.5 cm³/mol. The molecule has 0 aliphatic heterocycles. The molecule has 0 aliphatic rings. The molecule has 4 nitrogen and oxygen atoms in total. The Kier molecular flexibility index (Phi) is 4.49. The van der Waals surface area contributed by atoms with Crippen LogP contribution < -0.4 is 0 Å². The van der Waals surface area contributed by atoms with Crippen LogP contribution in [0.4, 0.5) is 4.39 Å². The van der Waals surface area contributed by atoms with Gasteiger partial charge in [-0.3, -0.25) is 4.79 Å². The first-order valence-corrected chi connectivity index (χ1v) is 8.30. The minimum absolute atomic E-state index is 0.104. The summed E-state index contributed by atoms with van der Waals surface area (Å²) in [6.07, 6.45) is 0. The highest BCUT2D eigenvalue weighted by molar-refractivity contribution is 7.17. The molecule has 0 aliphatic carbocycles. The fourth-order valence-corrected chi connectivity index (χ4v) is 3.43. The topological polar surface area (TPSA) is 46.3 Å². The smallest absolute Gasteiger partial charge is 0.266 e. The molecule has 0 saturated carbocycles. The first-order chi connectivity index (χ1) is 11.4. The second kappa shape index (κ2) is 6.57. The number of furan rings is 1. The molecule has 1 aromatic carbocycles. The second-order valence-electron chi connectivity index (χ2n) is 5.61. The van der Waals surface area contributed by atoms with Crippen molar-refractivity contribution in [3.05, 3.63) is 64.3 Å². The van der Waals surface area contributed by atoms with Gasteiger partial charge in [-0.2, -0.15) is 0 Å². The maximum absolute atomic E-state index is 13.0. The number of carbonyl (C=O) groups is 1. The molecule has 2 aromatic heterocycles. The van der Waals surface area contributed by atoms with E-state index in [0.29, 0.717) is 22.1 Å². The molecule has 0 spiro atoms. The van der Waals surface area contributed by atoms with Crippen molar-refractivity contribution in [3.8, 4) is 10.6 Å². The molecule has 0 atom stereocenters. The van der Waals surface area contributed by atoms with Crippen molar-refractivity contribution in [2.45, 2.75) is 20.4 Å². The Labute approximate surface area is 143 Å². The van der Waals surface area contributed by atoms with Crippen molar-refractivity contribution in [3.63, 3.8) is 0 Å². The predicted octanol–water partition coefficient (Wildman–Crippen LogP) is 4.43. The molecule has 3 aromatic rings. The van der Waals surface area contributed by atoms with Crippen LogP contribution in [-0.4, -0.2) is 22.8 Å². The van der Waals surface area contributed by atoms with Gasteiger partial charge in [0.1, 0.15) is 27.2 Å². The molecule has 0 saturated heterocycles. The average molecular weight is 344 g/mol. The first kappa shape index (κ1) is 16.4. The van der Waals surface area contributed by atoms with Crippen molar-refractivity contribution in [1.82, 2.24) is 9.88 Å². The SMILES string of the molecule is Cc1ccc(CN(C)C(=O)c2sc(-c3ccc(F)cc3)nc2C)o1. The molecule has 1 amide bonds. The molecule has 3 rings (SSSR count). The number of aromatic nitrogens is 1. The maximum Gasteiger partial charge on any atom is 0.266 e. The van der Waals surface area contributed by atoms with E-state index >= 15 is 0 Å². The van der Waals surface area contributed by atoms with Crippen LogP contribution in [0, 0.1) is 19.7 Å². The lowest BCUT2D eigenvalue weighted by molar-refractivity contribution is 0.0779. The minimum Gasteiger partial charge on any atom is -0.464 e. The highest BCUT2D eigenvalue weighted by atomic mass is 32.1. The Morgan fingerprint density at radius 3 is 2.54 bits per heavy atom. The van der Waals surface area contributed by atoms with Crippen LogP contribution in [0.25, 0.3) is 10.6 Å². The van der Waals surface area contributed by atoms with Gasteiger partial charge in [0.05, 0.1) is 12.2 Å². The Balaban J connectivity index is 1.81. The van der Waals surface area contributed by atoms with Crippen molar-refractivity contribution >= 4 is 17.2 Å². The summed E-state index contributed by atoms with van der Waals surface area (Å²) < 4.78 is 18.6. The molecule has 2 heterocycles. The summed E-state index contributed by atoms with van der Waals surface area (Å²) in [6.45, 7) is 4.07. The third-order valence-electron chi connectivity index (χ3n) is 3.62. The summed E-state index contributed by atoms with van der Waals surface area (Å²) in [7, 11) is 1.73. The maximum atomic E-state index is 13.0. The van der Waals surface area contributed by atoms with E-state index in [-0.39, 0.29) is 11.7 Å². The van der Waals surface area contributed by atoms with E-state index < -0.39 is 0 Å². The summed E-state index contributed by atoms with van der Waals surface area (Å²) >= 11 is 1.32. The number of hydrogen-bond acceptors (Lipinski definition) is 4. The number of amides is 1. The fraction of sp³-hybridized carbons (Fsp3) is 0.222. The van der Waals surface area contributed by atoms with Crippen molar-refractivity contribution in [2.24, 2.45) is 0 Å². The van der Waals surface area contributed by atoms with Crippen LogP contribution in [0.2, 0.25) is 0 Å². The van der Waals surface area contributed by atoms with Gasteiger partial charge in [-0.1, -0.05) is 0 Å². The zero-order chi connectivity index (χ0) is 17.3. The lowest BCUT2D eigenvalue weighted by Crippen LogP contribution is -2.25. The quantitative estimate of drug-likeness (QED) is 0.703. The molecule has 0 fully saturated rings. The number of rotatable bonds is 4. The highest BCUT2D eigenvalue weighted by Gasteiger charge is 2.20. The van der Waals surface area contributed by atoms with Crippen LogP contribution in [0.3, 0.4) is 0 Å². The molecule has 0 N–H and O–H groups in total. The van der Waals surface area contributed by atoms with Crippen LogP contribution >= 0.6 is 11.3 Å². The largest absolute Gasteiger partial charge is 0.464 e.